The number of hydrogen-bond acceptors (Lipinski definition) is 2. The number of nitrogens with zero attached hydrogens (tertiary/aromatic N) is 1. The highest BCUT2D eigenvalue weighted by Gasteiger charge is 2.03. The van der Waals surface area contributed by atoms with E-state index >= 15 is 0 Å². The maximum Gasteiger partial charge on any atom is 0.126 e. The van der Waals surface area contributed by atoms with Gasteiger partial charge in [-0.1, -0.05) is 18.5 Å². The predicted molar refractivity (Wildman–Crippen MR) is 57.7 cm³/mol. The van der Waals surface area contributed by atoms with Gasteiger partial charge in [-0.3, -0.25) is 0 Å². The standard InChI is InChI=1S/C9H12Cl2N2/c1-2-8(5-10)13-9-4-3-7(11)6-12-9/h3-4,6,8H,2,5H2,1H3,(H,12,13). The molecular weight excluding hydrogens is 207 g/mol. The average Bonchev–Trinajstić information content (AvgIpc) is 2.17. The third-order valence-corrected chi connectivity index (χ3v) is 2.35. The van der Waals surface area contributed by atoms with Crippen molar-refractivity contribution in [1.82, 2.24) is 4.98 Å². The van der Waals surface area contributed by atoms with E-state index in [1.54, 1.807) is 12.3 Å². The van der Waals surface area contributed by atoms with Crippen LogP contribution in [0.2, 0.25) is 5.02 Å². The van der Waals surface area contributed by atoms with Crippen LogP contribution < -0.4 is 5.32 Å². The molecule has 1 aromatic heterocycles. The van der Waals surface area contributed by atoms with E-state index in [0.29, 0.717) is 10.9 Å². The van der Waals surface area contributed by atoms with Crippen LogP contribution >= 0.6 is 23.2 Å². The van der Waals surface area contributed by atoms with Gasteiger partial charge in [0.25, 0.3) is 0 Å². The fourth-order valence-corrected chi connectivity index (χ4v) is 1.33. The third-order valence-electron chi connectivity index (χ3n) is 1.76. The Hall–Kier alpha value is -0.470. The first-order valence-corrected chi connectivity index (χ1v) is 5.11. The van der Waals surface area contributed by atoms with Crippen molar-refractivity contribution in [3.05, 3.63) is 23.4 Å². The Bertz CT molecular complexity index is 244. The van der Waals surface area contributed by atoms with Gasteiger partial charge in [-0.2, -0.15) is 0 Å². The molecule has 0 amide bonds. The fourth-order valence-electron chi connectivity index (χ4n) is 0.920. The molecule has 72 valence electrons. The van der Waals surface area contributed by atoms with Crippen molar-refractivity contribution >= 4 is 29.0 Å². The Morgan fingerprint density at radius 1 is 1.54 bits per heavy atom. The minimum Gasteiger partial charge on any atom is -0.366 e. The molecule has 1 unspecified atom stereocenters. The lowest BCUT2D eigenvalue weighted by Gasteiger charge is -2.13. The first-order chi connectivity index (χ1) is 6.26. The van der Waals surface area contributed by atoms with Crippen molar-refractivity contribution in [2.75, 3.05) is 11.2 Å². The van der Waals surface area contributed by atoms with Gasteiger partial charge in [0.2, 0.25) is 0 Å². The van der Waals surface area contributed by atoms with Crippen LogP contribution in [-0.2, 0) is 0 Å². The molecule has 1 N–H and O–H groups in total. The first-order valence-electron chi connectivity index (χ1n) is 4.20. The van der Waals surface area contributed by atoms with Gasteiger partial charge in [0, 0.05) is 18.1 Å². The molecule has 1 heterocycles. The zero-order valence-electron chi connectivity index (χ0n) is 7.43. The monoisotopic (exact) mass is 218 g/mol. The number of aromatic nitrogens is 1. The number of nitrogens with one attached hydrogen (secondary N) is 1. The SMILES string of the molecule is CCC(CCl)Nc1ccc(Cl)cn1. The summed E-state index contributed by atoms with van der Waals surface area (Å²) in [7, 11) is 0. The van der Waals surface area contributed by atoms with Crippen molar-refractivity contribution in [3.63, 3.8) is 0 Å². The molecule has 1 rings (SSSR count). The van der Waals surface area contributed by atoms with E-state index < -0.39 is 0 Å². The van der Waals surface area contributed by atoms with Gasteiger partial charge in [0.15, 0.2) is 0 Å². The molecule has 2 nitrogen and oxygen atoms in total. The van der Waals surface area contributed by atoms with Crippen molar-refractivity contribution < 1.29 is 0 Å². The smallest absolute Gasteiger partial charge is 0.126 e. The maximum absolute atomic E-state index is 5.73. The molecule has 0 fully saturated rings. The van der Waals surface area contributed by atoms with E-state index in [-0.39, 0.29) is 6.04 Å². The van der Waals surface area contributed by atoms with Gasteiger partial charge in [-0.15, -0.1) is 11.6 Å². The molecule has 0 aromatic carbocycles. The second-order valence-electron chi connectivity index (χ2n) is 2.77. The van der Waals surface area contributed by atoms with Gasteiger partial charge in [-0.05, 0) is 18.6 Å². The molecule has 0 bridgehead atoms. The molecule has 0 spiro atoms. The van der Waals surface area contributed by atoms with Gasteiger partial charge in [0.05, 0.1) is 5.02 Å². The topological polar surface area (TPSA) is 24.9 Å². The summed E-state index contributed by atoms with van der Waals surface area (Å²) < 4.78 is 0. The van der Waals surface area contributed by atoms with Crippen LogP contribution in [0.3, 0.4) is 0 Å². The number of rotatable bonds is 4. The predicted octanol–water partition coefficient (Wildman–Crippen LogP) is 3.16. The zero-order chi connectivity index (χ0) is 9.68. The van der Waals surface area contributed by atoms with Crippen molar-refractivity contribution in [1.29, 1.82) is 0 Å². The number of hydrogen-bond donors (Lipinski definition) is 1. The summed E-state index contributed by atoms with van der Waals surface area (Å²) in [5.41, 5.74) is 0. The summed E-state index contributed by atoms with van der Waals surface area (Å²) in [5, 5.41) is 3.85. The van der Waals surface area contributed by atoms with E-state index in [1.165, 1.54) is 0 Å². The van der Waals surface area contributed by atoms with Gasteiger partial charge in [-0.25, -0.2) is 4.98 Å². The van der Waals surface area contributed by atoms with Crippen LogP contribution in [0.5, 0.6) is 0 Å². The van der Waals surface area contributed by atoms with Crippen LogP contribution in [0.25, 0.3) is 0 Å². The number of alkyl halides is 1. The van der Waals surface area contributed by atoms with Crippen LogP contribution in [0.15, 0.2) is 18.3 Å². The van der Waals surface area contributed by atoms with E-state index in [2.05, 4.69) is 17.2 Å². The second kappa shape index (κ2) is 5.30. The van der Waals surface area contributed by atoms with E-state index in [9.17, 15) is 0 Å². The van der Waals surface area contributed by atoms with Crippen molar-refractivity contribution in [2.45, 2.75) is 19.4 Å². The summed E-state index contributed by atoms with van der Waals surface area (Å²) in [5.74, 6) is 1.40. The van der Waals surface area contributed by atoms with Gasteiger partial charge < -0.3 is 5.32 Å². The molecule has 4 heteroatoms. The van der Waals surface area contributed by atoms with E-state index in [0.717, 1.165) is 12.2 Å². The largest absolute Gasteiger partial charge is 0.366 e. The lowest BCUT2D eigenvalue weighted by Crippen LogP contribution is -2.20. The molecular formula is C9H12Cl2N2. The quantitative estimate of drug-likeness (QED) is 0.786. The molecule has 1 aromatic rings. The Labute approximate surface area is 88.3 Å². The molecule has 1 atom stereocenters. The summed E-state index contributed by atoms with van der Waals surface area (Å²) in [6.07, 6.45) is 2.60. The van der Waals surface area contributed by atoms with Crippen molar-refractivity contribution in [3.8, 4) is 0 Å². The summed E-state index contributed by atoms with van der Waals surface area (Å²) in [4.78, 5) is 4.11. The maximum atomic E-state index is 5.73. The Morgan fingerprint density at radius 2 is 2.31 bits per heavy atom. The minimum atomic E-state index is 0.273. The molecule has 13 heavy (non-hydrogen) atoms. The molecule has 0 saturated carbocycles. The number of halogens is 2. The summed E-state index contributed by atoms with van der Waals surface area (Å²) >= 11 is 11.4. The fraction of sp³-hybridized carbons (Fsp3) is 0.444. The Kier molecular flexibility index (Phi) is 4.33. The number of anilines is 1. The molecule has 0 aliphatic carbocycles. The lowest BCUT2D eigenvalue weighted by atomic mass is 10.2. The number of pyridine rings is 1. The Balaban J connectivity index is 2.58. The zero-order valence-corrected chi connectivity index (χ0v) is 8.94. The lowest BCUT2D eigenvalue weighted by molar-refractivity contribution is 0.765. The van der Waals surface area contributed by atoms with E-state index in [1.807, 2.05) is 6.07 Å². The highest BCUT2D eigenvalue weighted by Crippen LogP contribution is 2.11. The molecule has 0 aliphatic rings. The van der Waals surface area contributed by atoms with Gasteiger partial charge >= 0.3 is 0 Å². The highest BCUT2D eigenvalue weighted by atomic mass is 35.5. The summed E-state index contributed by atoms with van der Waals surface area (Å²) in [6.45, 7) is 2.08. The summed E-state index contributed by atoms with van der Waals surface area (Å²) in [6, 6.07) is 3.92. The molecule has 0 aliphatic heterocycles. The molecule has 0 radical (unpaired) electrons. The van der Waals surface area contributed by atoms with E-state index in [4.69, 9.17) is 23.2 Å². The first kappa shape index (κ1) is 10.6. The second-order valence-corrected chi connectivity index (χ2v) is 3.51. The third kappa shape index (κ3) is 3.41. The normalized spacial score (nSPS) is 12.5. The van der Waals surface area contributed by atoms with Crippen LogP contribution in [0.4, 0.5) is 5.82 Å². The molecule has 0 saturated heterocycles. The van der Waals surface area contributed by atoms with Crippen LogP contribution in [0.1, 0.15) is 13.3 Å². The Morgan fingerprint density at radius 3 is 2.77 bits per heavy atom. The minimum absolute atomic E-state index is 0.273. The van der Waals surface area contributed by atoms with Crippen molar-refractivity contribution in [2.24, 2.45) is 0 Å². The highest BCUT2D eigenvalue weighted by molar-refractivity contribution is 6.30. The van der Waals surface area contributed by atoms with Crippen LogP contribution in [-0.4, -0.2) is 16.9 Å². The van der Waals surface area contributed by atoms with Crippen LogP contribution in [0, 0.1) is 0 Å². The average molecular weight is 219 g/mol. The van der Waals surface area contributed by atoms with Gasteiger partial charge in [0.1, 0.15) is 5.82 Å².